The first kappa shape index (κ1) is 14.8. The molecule has 0 spiro atoms. The minimum Gasteiger partial charge on any atom is -0.370 e. The van der Waals surface area contributed by atoms with E-state index in [4.69, 9.17) is 0 Å². The molecule has 0 aliphatic rings. The number of aryl methyl sites for hydroxylation is 1. The van der Waals surface area contributed by atoms with E-state index in [2.05, 4.69) is 22.5 Å². The van der Waals surface area contributed by atoms with Gasteiger partial charge in [0.25, 0.3) is 5.69 Å². The lowest BCUT2D eigenvalue weighted by atomic mass is 10.1. The summed E-state index contributed by atoms with van der Waals surface area (Å²) in [4.78, 5) is 14.9. The van der Waals surface area contributed by atoms with Crippen LogP contribution in [0, 0.1) is 10.1 Å². The van der Waals surface area contributed by atoms with Gasteiger partial charge in [-0.05, 0) is 31.0 Å². The molecule has 6 nitrogen and oxygen atoms in total. The summed E-state index contributed by atoms with van der Waals surface area (Å²) in [5.74, 6) is 0.934. The molecule has 0 aliphatic heterocycles. The summed E-state index contributed by atoms with van der Waals surface area (Å²) in [5.41, 5.74) is 2.09. The molecule has 110 valence electrons. The smallest absolute Gasteiger partial charge is 0.276 e. The van der Waals surface area contributed by atoms with Crippen LogP contribution in [0.25, 0.3) is 0 Å². The molecule has 2 N–H and O–H groups in total. The number of nitro groups is 1. The maximum absolute atomic E-state index is 11.0. The fourth-order valence-electron chi connectivity index (χ4n) is 1.93. The van der Waals surface area contributed by atoms with Crippen LogP contribution in [0.3, 0.4) is 0 Å². The number of benzene rings is 1. The first-order valence-corrected chi connectivity index (χ1v) is 6.88. The Morgan fingerprint density at radius 3 is 2.38 bits per heavy atom. The SMILES string of the molecule is CCNc1cc([N+](=O)[O-])cc(Nc2ccc(CC)cc2)n1. The predicted molar refractivity (Wildman–Crippen MR) is 84.2 cm³/mol. The van der Waals surface area contributed by atoms with Gasteiger partial charge in [0, 0.05) is 12.2 Å². The second-order valence-corrected chi connectivity index (χ2v) is 4.56. The van der Waals surface area contributed by atoms with Crippen molar-refractivity contribution < 1.29 is 4.92 Å². The maximum atomic E-state index is 11.0. The largest absolute Gasteiger partial charge is 0.370 e. The molecular formula is C15H18N4O2. The first-order chi connectivity index (χ1) is 10.1. The van der Waals surface area contributed by atoms with Gasteiger partial charge in [-0.2, -0.15) is 0 Å². The Balaban J connectivity index is 2.26. The number of nitrogens with zero attached hydrogens (tertiary/aromatic N) is 2. The fraction of sp³-hybridized carbons (Fsp3) is 0.267. The van der Waals surface area contributed by atoms with E-state index in [9.17, 15) is 10.1 Å². The lowest BCUT2D eigenvalue weighted by molar-refractivity contribution is -0.384. The molecule has 0 saturated carbocycles. The summed E-state index contributed by atoms with van der Waals surface area (Å²) in [6.45, 7) is 4.66. The van der Waals surface area contributed by atoms with Crippen LogP contribution in [0.2, 0.25) is 0 Å². The van der Waals surface area contributed by atoms with E-state index in [1.54, 1.807) is 0 Å². The Morgan fingerprint density at radius 2 is 1.81 bits per heavy atom. The van der Waals surface area contributed by atoms with Crippen LogP contribution in [0.5, 0.6) is 0 Å². The normalized spacial score (nSPS) is 10.2. The van der Waals surface area contributed by atoms with Crippen LogP contribution in [-0.2, 0) is 6.42 Å². The molecule has 1 aromatic heterocycles. The lowest BCUT2D eigenvalue weighted by Gasteiger charge is -2.09. The minimum atomic E-state index is -0.423. The second kappa shape index (κ2) is 6.69. The summed E-state index contributed by atoms with van der Waals surface area (Å²) < 4.78 is 0. The fourth-order valence-corrected chi connectivity index (χ4v) is 1.93. The van der Waals surface area contributed by atoms with Gasteiger partial charge >= 0.3 is 0 Å². The minimum absolute atomic E-state index is 0.00799. The number of hydrogen-bond acceptors (Lipinski definition) is 5. The van der Waals surface area contributed by atoms with E-state index in [1.807, 2.05) is 31.2 Å². The number of rotatable bonds is 6. The van der Waals surface area contributed by atoms with Gasteiger partial charge in [0.2, 0.25) is 0 Å². The predicted octanol–water partition coefficient (Wildman–Crippen LogP) is 3.73. The first-order valence-electron chi connectivity index (χ1n) is 6.88. The van der Waals surface area contributed by atoms with Gasteiger partial charge in [-0.15, -0.1) is 0 Å². The number of nitrogens with one attached hydrogen (secondary N) is 2. The van der Waals surface area contributed by atoms with E-state index in [1.165, 1.54) is 17.7 Å². The van der Waals surface area contributed by atoms with Crippen LogP contribution in [0.15, 0.2) is 36.4 Å². The van der Waals surface area contributed by atoms with E-state index < -0.39 is 4.92 Å². The van der Waals surface area contributed by atoms with E-state index >= 15 is 0 Å². The van der Waals surface area contributed by atoms with Crippen LogP contribution in [-0.4, -0.2) is 16.5 Å². The summed E-state index contributed by atoms with van der Waals surface area (Å²) in [7, 11) is 0. The van der Waals surface area contributed by atoms with Crippen LogP contribution in [0.4, 0.5) is 23.0 Å². The number of anilines is 3. The Morgan fingerprint density at radius 1 is 1.14 bits per heavy atom. The quantitative estimate of drug-likeness (QED) is 0.624. The van der Waals surface area contributed by atoms with Gasteiger partial charge in [0.15, 0.2) is 0 Å². The zero-order valence-electron chi connectivity index (χ0n) is 12.1. The average Bonchev–Trinajstić information content (AvgIpc) is 2.48. The Bertz CT molecular complexity index is 626. The van der Waals surface area contributed by atoms with Crippen molar-refractivity contribution in [1.29, 1.82) is 0 Å². The number of aromatic nitrogens is 1. The zero-order valence-corrected chi connectivity index (χ0v) is 12.1. The van der Waals surface area contributed by atoms with Crippen molar-refractivity contribution in [3.63, 3.8) is 0 Å². The van der Waals surface area contributed by atoms with Crippen LogP contribution < -0.4 is 10.6 Å². The number of hydrogen-bond donors (Lipinski definition) is 2. The van der Waals surface area contributed by atoms with Gasteiger partial charge in [-0.25, -0.2) is 4.98 Å². The molecule has 21 heavy (non-hydrogen) atoms. The Hall–Kier alpha value is -2.63. The molecule has 0 unspecified atom stereocenters. The zero-order chi connectivity index (χ0) is 15.2. The Kier molecular flexibility index (Phi) is 4.71. The van der Waals surface area contributed by atoms with E-state index in [-0.39, 0.29) is 5.69 Å². The molecule has 0 fully saturated rings. The molecule has 6 heteroatoms. The Labute approximate surface area is 123 Å². The van der Waals surface area contributed by atoms with Crippen molar-refractivity contribution in [3.8, 4) is 0 Å². The van der Waals surface area contributed by atoms with Crippen molar-refractivity contribution >= 4 is 23.0 Å². The monoisotopic (exact) mass is 286 g/mol. The molecule has 1 aromatic carbocycles. The third-order valence-electron chi connectivity index (χ3n) is 3.01. The maximum Gasteiger partial charge on any atom is 0.276 e. The number of pyridine rings is 1. The molecule has 0 saturated heterocycles. The van der Waals surface area contributed by atoms with Crippen molar-refractivity contribution in [1.82, 2.24) is 4.98 Å². The second-order valence-electron chi connectivity index (χ2n) is 4.56. The van der Waals surface area contributed by atoms with E-state index in [0.29, 0.717) is 18.2 Å². The topological polar surface area (TPSA) is 80.1 Å². The summed E-state index contributed by atoms with van der Waals surface area (Å²) >= 11 is 0. The third-order valence-corrected chi connectivity index (χ3v) is 3.01. The standard InChI is InChI=1S/C15H18N4O2/c1-3-11-5-7-12(8-6-11)17-15-10-13(19(20)21)9-14(18-15)16-4-2/h5-10H,3-4H2,1-2H3,(H2,16,17,18). The summed E-state index contributed by atoms with van der Waals surface area (Å²) in [6.07, 6.45) is 0.972. The molecule has 1 heterocycles. The van der Waals surface area contributed by atoms with Gasteiger partial charge < -0.3 is 10.6 Å². The molecule has 2 rings (SSSR count). The highest BCUT2D eigenvalue weighted by molar-refractivity contribution is 5.62. The van der Waals surface area contributed by atoms with Crippen molar-refractivity contribution in [2.24, 2.45) is 0 Å². The average molecular weight is 286 g/mol. The molecule has 0 atom stereocenters. The molecular weight excluding hydrogens is 268 g/mol. The molecule has 2 aromatic rings. The van der Waals surface area contributed by atoms with Crippen LogP contribution >= 0.6 is 0 Å². The molecule has 0 aliphatic carbocycles. The third kappa shape index (κ3) is 3.92. The van der Waals surface area contributed by atoms with Gasteiger partial charge in [0.1, 0.15) is 11.6 Å². The highest BCUT2D eigenvalue weighted by Crippen LogP contribution is 2.23. The highest BCUT2D eigenvalue weighted by atomic mass is 16.6. The van der Waals surface area contributed by atoms with Crippen LogP contribution in [0.1, 0.15) is 19.4 Å². The summed E-state index contributed by atoms with van der Waals surface area (Å²) in [5, 5.41) is 17.1. The van der Waals surface area contributed by atoms with Crippen molar-refractivity contribution in [2.75, 3.05) is 17.2 Å². The lowest BCUT2D eigenvalue weighted by Crippen LogP contribution is -2.03. The highest BCUT2D eigenvalue weighted by Gasteiger charge is 2.11. The van der Waals surface area contributed by atoms with Gasteiger partial charge in [-0.1, -0.05) is 19.1 Å². The van der Waals surface area contributed by atoms with Crippen molar-refractivity contribution in [2.45, 2.75) is 20.3 Å². The molecule has 0 bridgehead atoms. The van der Waals surface area contributed by atoms with Crippen molar-refractivity contribution in [3.05, 3.63) is 52.1 Å². The molecule has 0 radical (unpaired) electrons. The van der Waals surface area contributed by atoms with E-state index in [0.717, 1.165) is 12.1 Å². The molecule has 0 amide bonds. The summed E-state index contributed by atoms with van der Waals surface area (Å²) in [6, 6.07) is 10.8. The van der Waals surface area contributed by atoms with Gasteiger partial charge in [0.05, 0.1) is 17.1 Å². The van der Waals surface area contributed by atoms with Gasteiger partial charge in [-0.3, -0.25) is 10.1 Å².